The number of fused-ring (bicyclic) bond motifs is 3. The molecule has 2 aliphatic heterocycles. The van der Waals surface area contributed by atoms with Crippen LogP contribution in [-0.4, -0.2) is 137 Å². The molecular formula is C18H33N4O6+. The summed E-state index contributed by atoms with van der Waals surface area (Å²) in [6.07, 6.45) is 1.56. The highest BCUT2D eigenvalue weighted by atomic mass is 16.4. The molecule has 2 atom stereocenters. The van der Waals surface area contributed by atoms with E-state index in [9.17, 15) is 24.6 Å². The van der Waals surface area contributed by atoms with Crippen LogP contribution in [0.25, 0.3) is 0 Å². The van der Waals surface area contributed by atoms with Gasteiger partial charge >= 0.3 is 17.9 Å². The second-order valence-electron chi connectivity index (χ2n) is 7.95. The number of quaternary nitrogens is 1. The maximum absolute atomic E-state index is 11.6. The van der Waals surface area contributed by atoms with Gasteiger partial charge in [-0.1, -0.05) is 0 Å². The first-order valence-electron chi connectivity index (χ1n) is 9.95. The molecule has 2 bridgehead atoms. The highest BCUT2D eigenvalue weighted by Crippen LogP contribution is 2.14. The third-order valence-electron chi connectivity index (χ3n) is 5.76. The lowest BCUT2D eigenvalue weighted by atomic mass is 10.2. The molecule has 2 heterocycles. The van der Waals surface area contributed by atoms with Crippen LogP contribution in [0.1, 0.15) is 12.8 Å². The van der Waals surface area contributed by atoms with E-state index in [4.69, 9.17) is 5.11 Å². The molecule has 2 unspecified atom stereocenters. The average Bonchev–Trinajstić information content (AvgIpc) is 2.59. The van der Waals surface area contributed by atoms with E-state index in [0.717, 1.165) is 32.5 Å². The van der Waals surface area contributed by atoms with Crippen molar-refractivity contribution >= 4 is 17.9 Å². The van der Waals surface area contributed by atoms with Crippen LogP contribution in [0.15, 0.2) is 0 Å². The molecule has 0 aromatic heterocycles. The number of rotatable bonds is 6. The first-order chi connectivity index (χ1) is 13.3. The molecule has 3 N–H and O–H groups in total. The van der Waals surface area contributed by atoms with E-state index >= 15 is 0 Å². The Bertz CT molecular complexity index is 560. The van der Waals surface area contributed by atoms with Crippen LogP contribution in [0.4, 0.5) is 0 Å². The molecule has 0 amide bonds. The Labute approximate surface area is 165 Å². The summed E-state index contributed by atoms with van der Waals surface area (Å²) >= 11 is 0. The molecule has 2 rings (SSSR count). The Kier molecular flexibility index (Phi) is 8.61. The summed E-state index contributed by atoms with van der Waals surface area (Å²) < 4.78 is 0.406. The van der Waals surface area contributed by atoms with Gasteiger partial charge in [-0.2, -0.15) is 0 Å². The minimum absolute atomic E-state index is 0.000833. The third-order valence-corrected chi connectivity index (χ3v) is 5.76. The molecule has 2 aliphatic rings. The van der Waals surface area contributed by atoms with Crippen LogP contribution < -0.4 is 0 Å². The van der Waals surface area contributed by atoms with Crippen molar-refractivity contribution < 1.29 is 34.2 Å². The molecular weight excluding hydrogens is 368 g/mol. The van der Waals surface area contributed by atoms with Crippen molar-refractivity contribution in [3.63, 3.8) is 0 Å². The van der Waals surface area contributed by atoms with Crippen molar-refractivity contribution in [2.75, 3.05) is 85.1 Å². The van der Waals surface area contributed by atoms with Gasteiger partial charge in [-0.05, 0) is 13.0 Å². The van der Waals surface area contributed by atoms with Gasteiger partial charge in [0.25, 0.3) is 0 Å². The predicted molar refractivity (Wildman–Crippen MR) is 101 cm³/mol. The van der Waals surface area contributed by atoms with Crippen LogP contribution in [0, 0.1) is 0 Å². The van der Waals surface area contributed by atoms with E-state index in [1.54, 1.807) is 0 Å². The Morgan fingerprint density at radius 2 is 1.25 bits per heavy atom. The Morgan fingerprint density at radius 1 is 0.643 bits per heavy atom. The number of carbonyl (C=O) groups is 3. The van der Waals surface area contributed by atoms with E-state index in [0.29, 0.717) is 50.3 Å². The number of carboxylic acid groups (broad SMARTS) is 3. The van der Waals surface area contributed by atoms with E-state index in [1.807, 2.05) is 9.80 Å². The van der Waals surface area contributed by atoms with Crippen LogP contribution in [-0.2, 0) is 14.4 Å². The van der Waals surface area contributed by atoms with Gasteiger partial charge in [-0.3, -0.25) is 24.3 Å². The molecule has 160 valence electrons. The van der Waals surface area contributed by atoms with Crippen LogP contribution in [0.5, 0.6) is 0 Å². The van der Waals surface area contributed by atoms with Gasteiger partial charge in [-0.15, -0.1) is 0 Å². The summed E-state index contributed by atoms with van der Waals surface area (Å²) in [6, 6.07) is 0. The molecule has 2 saturated heterocycles. The molecule has 0 saturated carbocycles. The van der Waals surface area contributed by atoms with Gasteiger partial charge in [-0.25, -0.2) is 4.79 Å². The minimum Gasteiger partial charge on any atom is -0.480 e. The quantitative estimate of drug-likeness (QED) is 0.470. The van der Waals surface area contributed by atoms with E-state index < -0.39 is 17.9 Å². The molecule has 10 heteroatoms. The van der Waals surface area contributed by atoms with Gasteiger partial charge < -0.3 is 19.8 Å². The lowest BCUT2D eigenvalue weighted by molar-refractivity contribution is -0.920. The molecule has 0 aromatic carbocycles. The number of carboxylic acids is 3. The van der Waals surface area contributed by atoms with Crippen LogP contribution in [0.3, 0.4) is 0 Å². The fourth-order valence-electron chi connectivity index (χ4n) is 4.25. The molecule has 2 fully saturated rings. The summed E-state index contributed by atoms with van der Waals surface area (Å²) in [5, 5.41) is 27.8. The second kappa shape index (κ2) is 10.7. The maximum atomic E-state index is 11.6. The van der Waals surface area contributed by atoms with E-state index in [-0.39, 0.29) is 19.6 Å². The van der Waals surface area contributed by atoms with Crippen molar-refractivity contribution in [1.82, 2.24) is 14.7 Å². The molecule has 10 nitrogen and oxygen atoms in total. The predicted octanol–water partition coefficient (Wildman–Crippen LogP) is -1.23. The molecule has 0 aromatic rings. The Balaban J connectivity index is 2.20. The normalized spacial score (nSPS) is 28.5. The van der Waals surface area contributed by atoms with Crippen LogP contribution >= 0.6 is 0 Å². The average molecular weight is 401 g/mol. The number of hydrogen-bond acceptors (Lipinski definition) is 6. The third kappa shape index (κ3) is 7.70. The van der Waals surface area contributed by atoms with Crippen molar-refractivity contribution in [2.24, 2.45) is 0 Å². The van der Waals surface area contributed by atoms with Crippen molar-refractivity contribution in [3.8, 4) is 0 Å². The van der Waals surface area contributed by atoms with Gasteiger partial charge in [0.1, 0.15) is 0 Å². The highest BCUT2D eigenvalue weighted by Gasteiger charge is 2.33. The Hall–Kier alpha value is -1.75. The summed E-state index contributed by atoms with van der Waals surface area (Å²) in [5.41, 5.74) is 0. The number of hydrogen-bond donors (Lipinski definition) is 3. The summed E-state index contributed by atoms with van der Waals surface area (Å²) in [4.78, 5) is 40.0. The van der Waals surface area contributed by atoms with Gasteiger partial charge in [0.2, 0.25) is 0 Å². The first kappa shape index (κ1) is 22.5. The second-order valence-corrected chi connectivity index (χ2v) is 7.95. The molecule has 0 radical (unpaired) electrons. The fourth-order valence-corrected chi connectivity index (χ4v) is 4.25. The van der Waals surface area contributed by atoms with Crippen molar-refractivity contribution in [1.29, 1.82) is 0 Å². The van der Waals surface area contributed by atoms with Gasteiger partial charge in [0.15, 0.2) is 6.54 Å². The number of aliphatic carboxylic acids is 3. The summed E-state index contributed by atoms with van der Waals surface area (Å²) in [6.45, 7) is 6.74. The van der Waals surface area contributed by atoms with Gasteiger partial charge in [0.05, 0.1) is 32.7 Å². The van der Waals surface area contributed by atoms with E-state index in [2.05, 4.69) is 4.90 Å². The summed E-state index contributed by atoms with van der Waals surface area (Å²) in [5.74, 6) is -2.57. The number of nitrogens with zero attached hydrogens (tertiary/aromatic N) is 4. The molecule has 0 aliphatic carbocycles. The lowest BCUT2D eigenvalue weighted by Crippen LogP contribution is -2.60. The van der Waals surface area contributed by atoms with Crippen molar-refractivity contribution in [3.05, 3.63) is 0 Å². The smallest absolute Gasteiger partial charge is 0.359 e. The van der Waals surface area contributed by atoms with Gasteiger partial charge in [0, 0.05) is 45.7 Å². The van der Waals surface area contributed by atoms with Crippen molar-refractivity contribution in [2.45, 2.75) is 12.8 Å². The standard InChI is InChI=1S/C18H32N4O6/c23-16(24)13-20-5-2-10-22(15-18(27)28)11-8-19(6-7-20)3-1-4-21(9-12-22)14-17(25)26/h1-15H2,(H2-,23,24,25,26,27,28)/p+1. The zero-order chi connectivity index (χ0) is 20.6. The maximum Gasteiger partial charge on any atom is 0.359 e. The minimum atomic E-state index is -0.865. The summed E-state index contributed by atoms with van der Waals surface area (Å²) in [7, 11) is 0. The zero-order valence-corrected chi connectivity index (χ0v) is 16.5. The SMILES string of the molecule is O=C(O)CN1CCC[N+]2(CC(=O)O)CCN(CCCN(CC(=O)O)CC2)CC1. The topological polar surface area (TPSA) is 122 Å². The Morgan fingerprint density at radius 3 is 1.89 bits per heavy atom. The highest BCUT2D eigenvalue weighted by molar-refractivity contribution is 5.69. The largest absolute Gasteiger partial charge is 0.480 e. The molecule has 28 heavy (non-hydrogen) atoms. The van der Waals surface area contributed by atoms with E-state index in [1.165, 1.54) is 0 Å². The fraction of sp³-hybridized carbons (Fsp3) is 0.833. The molecule has 0 spiro atoms. The zero-order valence-electron chi connectivity index (χ0n) is 16.5. The van der Waals surface area contributed by atoms with Crippen LogP contribution in [0.2, 0.25) is 0 Å². The monoisotopic (exact) mass is 401 g/mol. The first-order valence-corrected chi connectivity index (χ1v) is 9.95. The lowest BCUT2D eigenvalue weighted by Gasteiger charge is -2.42.